The molecule has 0 aliphatic heterocycles. The number of hydrogen-bond donors (Lipinski definition) is 0. The van der Waals surface area contributed by atoms with Crippen LogP contribution in [0.2, 0.25) is 0 Å². The topological polar surface area (TPSA) is 17.8 Å². The van der Waals surface area contributed by atoms with E-state index in [1.165, 1.54) is 77.6 Å². The molecule has 0 saturated carbocycles. The maximum atomic E-state index is 4.45. The van der Waals surface area contributed by atoms with Crippen molar-refractivity contribution in [3.63, 3.8) is 0 Å². The minimum absolute atomic E-state index is 0.428. The summed E-state index contributed by atoms with van der Waals surface area (Å²) in [7, 11) is 0. The van der Waals surface area contributed by atoms with Gasteiger partial charge in [-0.1, -0.05) is 103 Å². The maximum absolute atomic E-state index is 4.45. The second-order valence-corrected chi connectivity index (χ2v) is 11.9. The van der Waals surface area contributed by atoms with Gasteiger partial charge in [0.25, 0.3) is 0 Å². The molecule has 10 rings (SSSR count). The van der Waals surface area contributed by atoms with Gasteiger partial charge in [0.1, 0.15) is 0 Å². The lowest BCUT2D eigenvalue weighted by molar-refractivity contribution is 0.794. The van der Waals surface area contributed by atoms with Crippen LogP contribution >= 0.6 is 0 Å². The van der Waals surface area contributed by atoms with Crippen molar-refractivity contribution in [1.82, 2.24) is 9.55 Å². The van der Waals surface area contributed by atoms with Crippen molar-refractivity contribution in [1.29, 1.82) is 0 Å². The molecule has 0 bridgehead atoms. The summed E-state index contributed by atoms with van der Waals surface area (Å²) >= 11 is 0. The number of rotatable bonds is 2. The molecule has 2 aliphatic carbocycles. The Morgan fingerprint density at radius 3 is 1.91 bits per heavy atom. The van der Waals surface area contributed by atoms with Crippen LogP contribution in [0, 0.1) is 0 Å². The molecule has 0 fully saturated rings. The standard InChI is InChI=1S/C42H26N2/c1-2-12-29(13-3-1)44-40-19-9-6-16-33(40)35-24-34-31-15-5-8-18-37(31)42(39(34)25-41(35)44)36-17-7-4-14-30(36)32-21-20-27(23-38(32)42)28-11-10-22-43-26-28/h1-26H. The van der Waals surface area contributed by atoms with E-state index >= 15 is 0 Å². The average Bonchev–Trinajstić information content (AvgIpc) is 3.69. The van der Waals surface area contributed by atoms with Crippen LogP contribution in [0.5, 0.6) is 0 Å². The lowest BCUT2D eigenvalue weighted by atomic mass is 9.70. The molecule has 2 heteroatoms. The fourth-order valence-electron chi connectivity index (χ4n) is 8.17. The van der Waals surface area contributed by atoms with E-state index in [-0.39, 0.29) is 0 Å². The summed E-state index contributed by atoms with van der Waals surface area (Å²) in [6.45, 7) is 0. The molecule has 44 heavy (non-hydrogen) atoms. The Kier molecular flexibility index (Phi) is 4.68. The lowest BCUT2D eigenvalue weighted by Crippen LogP contribution is -2.26. The van der Waals surface area contributed by atoms with E-state index in [4.69, 9.17) is 0 Å². The largest absolute Gasteiger partial charge is 0.309 e. The highest BCUT2D eigenvalue weighted by atomic mass is 15.0. The first-order valence-electron chi connectivity index (χ1n) is 15.2. The van der Waals surface area contributed by atoms with Crippen molar-refractivity contribution < 1.29 is 0 Å². The minimum Gasteiger partial charge on any atom is -0.309 e. The first-order valence-corrected chi connectivity index (χ1v) is 15.2. The van der Waals surface area contributed by atoms with Crippen molar-refractivity contribution in [3.8, 4) is 39.1 Å². The SMILES string of the molecule is c1ccc(-n2c3ccccc3c3cc4c(cc32)C2(c3ccccc3-c3ccc(-c5cccnc5)cc32)c2ccccc2-4)cc1. The lowest BCUT2D eigenvalue weighted by Gasteiger charge is -2.31. The zero-order valence-corrected chi connectivity index (χ0v) is 23.9. The van der Waals surface area contributed by atoms with Crippen LogP contribution in [0.4, 0.5) is 0 Å². The first kappa shape index (κ1) is 23.8. The summed E-state index contributed by atoms with van der Waals surface area (Å²) in [6.07, 6.45) is 3.81. The molecule has 1 spiro atoms. The molecule has 2 aromatic heterocycles. The predicted octanol–water partition coefficient (Wildman–Crippen LogP) is 10.2. The van der Waals surface area contributed by atoms with Crippen molar-refractivity contribution in [2.75, 3.05) is 0 Å². The van der Waals surface area contributed by atoms with Gasteiger partial charge in [-0.2, -0.15) is 0 Å². The summed E-state index contributed by atoms with van der Waals surface area (Å²) in [6, 6.07) is 53.8. The van der Waals surface area contributed by atoms with Crippen molar-refractivity contribution in [2.24, 2.45) is 0 Å². The zero-order valence-electron chi connectivity index (χ0n) is 23.9. The zero-order chi connectivity index (χ0) is 28.8. The van der Waals surface area contributed by atoms with E-state index in [9.17, 15) is 0 Å². The third-order valence-corrected chi connectivity index (χ3v) is 9.89. The van der Waals surface area contributed by atoms with Crippen molar-refractivity contribution >= 4 is 21.8 Å². The van der Waals surface area contributed by atoms with Crippen LogP contribution in [0.3, 0.4) is 0 Å². The summed E-state index contributed by atoms with van der Waals surface area (Å²) < 4.78 is 2.44. The van der Waals surface area contributed by atoms with Gasteiger partial charge in [0.05, 0.1) is 16.4 Å². The Balaban J connectivity index is 1.38. The minimum atomic E-state index is -0.428. The van der Waals surface area contributed by atoms with Gasteiger partial charge < -0.3 is 4.57 Å². The van der Waals surface area contributed by atoms with Crippen LogP contribution in [-0.2, 0) is 5.41 Å². The van der Waals surface area contributed by atoms with Gasteiger partial charge in [0.15, 0.2) is 0 Å². The number of hydrogen-bond acceptors (Lipinski definition) is 1. The number of aromatic nitrogens is 2. The van der Waals surface area contributed by atoms with E-state index in [0.29, 0.717) is 0 Å². The smallest absolute Gasteiger partial charge is 0.0726 e. The highest BCUT2D eigenvalue weighted by Crippen LogP contribution is 2.63. The molecular weight excluding hydrogens is 532 g/mol. The molecule has 0 amide bonds. The van der Waals surface area contributed by atoms with E-state index in [2.05, 4.69) is 149 Å². The summed E-state index contributed by atoms with van der Waals surface area (Å²) in [5.74, 6) is 0. The van der Waals surface area contributed by atoms with Crippen LogP contribution in [0.15, 0.2) is 158 Å². The summed E-state index contributed by atoms with van der Waals surface area (Å²) in [4.78, 5) is 4.45. The van der Waals surface area contributed by atoms with Gasteiger partial charge in [-0.3, -0.25) is 4.98 Å². The van der Waals surface area contributed by atoms with Gasteiger partial charge in [-0.15, -0.1) is 0 Å². The van der Waals surface area contributed by atoms with Gasteiger partial charge in [0, 0.05) is 28.9 Å². The molecule has 8 aromatic rings. The van der Waals surface area contributed by atoms with E-state index in [0.717, 1.165) is 5.56 Å². The fraction of sp³-hybridized carbons (Fsp3) is 0.0238. The Morgan fingerprint density at radius 1 is 0.432 bits per heavy atom. The highest BCUT2D eigenvalue weighted by Gasteiger charge is 2.52. The van der Waals surface area contributed by atoms with Gasteiger partial charge in [-0.05, 0) is 98.1 Å². The Bertz CT molecular complexity index is 2440. The molecule has 6 aromatic carbocycles. The van der Waals surface area contributed by atoms with Gasteiger partial charge in [-0.25, -0.2) is 0 Å². The van der Waals surface area contributed by atoms with Crippen molar-refractivity contribution in [2.45, 2.75) is 5.41 Å². The van der Waals surface area contributed by atoms with Gasteiger partial charge >= 0.3 is 0 Å². The molecule has 204 valence electrons. The number of benzene rings is 6. The molecule has 2 nitrogen and oxygen atoms in total. The molecule has 2 aliphatic rings. The molecule has 0 saturated heterocycles. The first-order chi connectivity index (χ1) is 21.8. The quantitative estimate of drug-likeness (QED) is 0.206. The van der Waals surface area contributed by atoms with Crippen molar-refractivity contribution in [3.05, 3.63) is 180 Å². The number of pyridine rings is 1. The Hall–Kier alpha value is -5.73. The Labute approximate surface area is 255 Å². The van der Waals surface area contributed by atoms with Crippen LogP contribution in [-0.4, -0.2) is 9.55 Å². The number of nitrogens with zero attached hydrogens (tertiary/aromatic N) is 2. The normalized spacial score (nSPS) is 15.8. The van der Waals surface area contributed by atoms with E-state index in [1.54, 1.807) is 0 Å². The average molecular weight is 559 g/mol. The summed E-state index contributed by atoms with van der Waals surface area (Å²) in [5, 5.41) is 2.56. The fourth-order valence-corrected chi connectivity index (χ4v) is 8.17. The molecule has 0 radical (unpaired) electrons. The third-order valence-electron chi connectivity index (χ3n) is 9.89. The molecule has 2 heterocycles. The predicted molar refractivity (Wildman–Crippen MR) is 180 cm³/mol. The second kappa shape index (κ2) is 8.65. The molecule has 1 unspecified atom stereocenters. The van der Waals surface area contributed by atoms with Crippen LogP contribution in [0.1, 0.15) is 22.3 Å². The van der Waals surface area contributed by atoms with E-state index < -0.39 is 5.41 Å². The second-order valence-electron chi connectivity index (χ2n) is 11.9. The maximum Gasteiger partial charge on any atom is 0.0726 e. The Morgan fingerprint density at radius 2 is 1.11 bits per heavy atom. The molecule has 1 atom stereocenters. The van der Waals surface area contributed by atoms with E-state index in [1.807, 2.05) is 18.5 Å². The monoisotopic (exact) mass is 558 g/mol. The van der Waals surface area contributed by atoms with Gasteiger partial charge in [0.2, 0.25) is 0 Å². The number of fused-ring (bicyclic) bond motifs is 13. The third kappa shape index (κ3) is 2.92. The molecular formula is C42H26N2. The number of para-hydroxylation sites is 2. The summed E-state index contributed by atoms with van der Waals surface area (Å²) in [5.41, 5.74) is 16.2. The van der Waals surface area contributed by atoms with Crippen LogP contribution in [0.25, 0.3) is 60.9 Å². The molecule has 0 N–H and O–H groups in total. The van der Waals surface area contributed by atoms with Crippen LogP contribution < -0.4 is 0 Å². The highest BCUT2D eigenvalue weighted by molar-refractivity contribution is 6.12.